The Hall–Kier alpha value is -1.76. The predicted molar refractivity (Wildman–Crippen MR) is 123 cm³/mol. The minimum atomic E-state index is -2.73. The molecule has 0 N–H and O–H groups in total. The van der Waals surface area contributed by atoms with Crippen LogP contribution in [0.5, 0.6) is 0 Å². The molecule has 0 saturated carbocycles. The van der Waals surface area contributed by atoms with Gasteiger partial charge in [-0.3, -0.25) is 0 Å². The van der Waals surface area contributed by atoms with Crippen molar-refractivity contribution in [3.05, 3.63) is 71.8 Å². The molecule has 0 fully saturated rings. The van der Waals surface area contributed by atoms with E-state index in [2.05, 4.69) is 0 Å². The monoisotopic (exact) mass is 422 g/mol. The Kier molecular flexibility index (Phi) is 6.10. The van der Waals surface area contributed by atoms with E-state index in [0.29, 0.717) is 23.5 Å². The van der Waals surface area contributed by atoms with E-state index in [4.69, 9.17) is 9.05 Å². The molecule has 2 aromatic carbocycles. The topological polar surface area (TPSA) is 52.6 Å². The molecule has 0 aromatic heterocycles. The fourth-order valence-electron chi connectivity index (χ4n) is 2.64. The van der Waals surface area contributed by atoms with Gasteiger partial charge in [0, 0.05) is 0 Å². The van der Waals surface area contributed by atoms with Gasteiger partial charge in [0.1, 0.15) is 0 Å². The van der Waals surface area contributed by atoms with Crippen LogP contribution in [0, 0.1) is 0 Å². The average molecular weight is 422 g/mol. The first-order valence-corrected chi connectivity index (χ1v) is 16.7. The molecule has 0 amide bonds. The van der Waals surface area contributed by atoms with Crippen molar-refractivity contribution in [3.8, 4) is 0 Å². The SMILES string of the molecule is CP(C)(C)(CCP(C)(C)(C)OC(=O)c1ccccc1)OC(=O)c1ccccc1. The molecule has 0 aliphatic rings. The van der Waals surface area contributed by atoms with E-state index in [1.54, 1.807) is 24.3 Å². The summed E-state index contributed by atoms with van der Waals surface area (Å²) < 4.78 is 12.0. The number of hydrogen-bond donors (Lipinski definition) is 0. The number of carbonyl (C=O) groups excluding carboxylic acids is 2. The maximum absolute atomic E-state index is 12.6. The molecule has 0 unspecified atom stereocenters. The van der Waals surface area contributed by atoms with Crippen molar-refractivity contribution in [3.63, 3.8) is 0 Å². The van der Waals surface area contributed by atoms with Gasteiger partial charge in [0.2, 0.25) is 0 Å². The van der Waals surface area contributed by atoms with E-state index >= 15 is 0 Å². The molecule has 0 spiro atoms. The molecule has 0 bridgehead atoms. The van der Waals surface area contributed by atoms with Crippen LogP contribution in [0.3, 0.4) is 0 Å². The zero-order valence-electron chi connectivity index (χ0n) is 17.7. The Morgan fingerprint density at radius 3 is 1.18 bits per heavy atom. The van der Waals surface area contributed by atoms with Gasteiger partial charge in [0.15, 0.2) is 0 Å². The maximum atomic E-state index is 12.6. The van der Waals surface area contributed by atoms with Crippen LogP contribution in [-0.2, 0) is 9.05 Å². The number of hydrogen-bond acceptors (Lipinski definition) is 4. The van der Waals surface area contributed by atoms with E-state index in [1.807, 2.05) is 76.4 Å². The van der Waals surface area contributed by atoms with Gasteiger partial charge < -0.3 is 0 Å². The van der Waals surface area contributed by atoms with Crippen LogP contribution in [0.1, 0.15) is 20.7 Å². The quantitative estimate of drug-likeness (QED) is 0.560. The first kappa shape index (κ1) is 22.5. The Morgan fingerprint density at radius 2 is 0.893 bits per heavy atom. The predicted octanol–water partition coefficient (Wildman–Crippen LogP) is 5.42. The summed E-state index contributed by atoms with van der Waals surface area (Å²) in [6.45, 7) is 6.78. The van der Waals surface area contributed by atoms with E-state index in [9.17, 15) is 9.59 Å². The Morgan fingerprint density at radius 1 is 0.607 bits per heavy atom. The molecule has 154 valence electrons. The van der Waals surface area contributed by atoms with Gasteiger partial charge in [0.25, 0.3) is 0 Å². The van der Waals surface area contributed by atoms with Crippen molar-refractivity contribution in [2.24, 2.45) is 0 Å². The minimum absolute atomic E-state index is 0.296. The molecule has 0 atom stereocenters. The average Bonchev–Trinajstić information content (AvgIpc) is 2.60. The van der Waals surface area contributed by atoms with Crippen LogP contribution in [0.15, 0.2) is 60.7 Å². The first-order valence-electron chi connectivity index (χ1n) is 9.32. The fourth-order valence-corrected chi connectivity index (χ4v) is 9.72. The third kappa shape index (κ3) is 7.00. The Bertz CT molecular complexity index is 771. The summed E-state index contributed by atoms with van der Waals surface area (Å²) in [6, 6.07) is 18.1. The molecule has 4 nitrogen and oxygen atoms in total. The number of rotatable bonds is 7. The van der Waals surface area contributed by atoms with Crippen LogP contribution >= 0.6 is 13.7 Å². The molecular formula is C22H32O4P2. The third-order valence-corrected chi connectivity index (χ3v) is 10.0. The summed E-state index contributed by atoms with van der Waals surface area (Å²) in [4.78, 5) is 25.1. The zero-order chi connectivity index (χ0) is 21.1. The van der Waals surface area contributed by atoms with Crippen molar-refractivity contribution >= 4 is 25.6 Å². The summed E-state index contributed by atoms with van der Waals surface area (Å²) in [5.41, 5.74) is 1.11. The number of benzene rings is 2. The van der Waals surface area contributed by atoms with Crippen LogP contribution in [0.4, 0.5) is 0 Å². The second-order valence-electron chi connectivity index (χ2n) is 9.87. The van der Waals surface area contributed by atoms with Crippen LogP contribution < -0.4 is 0 Å². The first-order chi connectivity index (χ1) is 12.7. The van der Waals surface area contributed by atoms with Crippen LogP contribution in [0.25, 0.3) is 0 Å². The number of carbonyl (C=O) groups is 2. The van der Waals surface area contributed by atoms with E-state index in [0.717, 1.165) is 0 Å². The van der Waals surface area contributed by atoms with E-state index in [1.165, 1.54) is 0 Å². The van der Waals surface area contributed by atoms with Crippen LogP contribution in [-0.4, -0.2) is 64.3 Å². The van der Waals surface area contributed by atoms with E-state index < -0.39 is 13.7 Å². The molecule has 6 heteroatoms. The molecule has 0 aliphatic carbocycles. The van der Waals surface area contributed by atoms with Crippen molar-refractivity contribution in [1.82, 2.24) is 0 Å². The molecule has 2 aromatic rings. The second kappa shape index (κ2) is 7.58. The van der Waals surface area contributed by atoms with Crippen molar-refractivity contribution in [2.45, 2.75) is 0 Å². The zero-order valence-corrected chi connectivity index (χ0v) is 19.5. The van der Waals surface area contributed by atoms with Crippen molar-refractivity contribution in [2.75, 3.05) is 52.3 Å². The summed E-state index contributed by atoms with van der Waals surface area (Å²) in [5.74, 6) is -0.591. The molecule has 0 aliphatic heterocycles. The summed E-state index contributed by atoms with van der Waals surface area (Å²) in [5, 5.41) is 0. The molecule has 0 saturated heterocycles. The Labute approximate surface area is 168 Å². The van der Waals surface area contributed by atoms with Gasteiger partial charge in [-0.1, -0.05) is 0 Å². The van der Waals surface area contributed by atoms with Crippen molar-refractivity contribution < 1.29 is 18.6 Å². The standard InChI is InChI=1S/C22H32O4P2/c1-27(2,3,25-21(23)19-13-9-7-10-14-19)17-18-28(4,5,6)26-22(24)20-15-11-8-12-16-20/h7-16H,17-18H2,1-6H3. The fraction of sp³-hybridized carbons (Fsp3) is 0.364. The summed E-state index contributed by atoms with van der Waals surface area (Å²) in [6.07, 6.45) is 1.40. The molecule has 0 radical (unpaired) electrons. The molecule has 2 rings (SSSR count). The molecular weight excluding hydrogens is 390 g/mol. The second-order valence-corrected chi connectivity index (χ2v) is 23.0. The van der Waals surface area contributed by atoms with Crippen LogP contribution in [0.2, 0.25) is 0 Å². The molecule has 28 heavy (non-hydrogen) atoms. The van der Waals surface area contributed by atoms with Gasteiger partial charge in [-0.2, -0.15) is 0 Å². The summed E-state index contributed by atoms with van der Waals surface area (Å²) in [7, 11) is 0. The van der Waals surface area contributed by atoms with Gasteiger partial charge >= 0.3 is 168 Å². The van der Waals surface area contributed by atoms with Crippen molar-refractivity contribution in [1.29, 1.82) is 0 Å². The van der Waals surface area contributed by atoms with Gasteiger partial charge in [-0.05, 0) is 0 Å². The van der Waals surface area contributed by atoms with E-state index in [-0.39, 0.29) is 11.9 Å². The third-order valence-electron chi connectivity index (χ3n) is 4.49. The summed E-state index contributed by atoms with van der Waals surface area (Å²) >= 11 is 0. The van der Waals surface area contributed by atoms with Gasteiger partial charge in [-0.15, -0.1) is 0 Å². The van der Waals surface area contributed by atoms with Gasteiger partial charge in [0.05, 0.1) is 0 Å². The normalized spacial score (nSPS) is 14.8. The molecule has 0 heterocycles. The van der Waals surface area contributed by atoms with Gasteiger partial charge in [-0.25, -0.2) is 0 Å². The Balaban J connectivity index is 2.07.